The summed E-state index contributed by atoms with van der Waals surface area (Å²) in [6.45, 7) is 4.45. The van der Waals surface area contributed by atoms with Gasteiger partial charge in [-0.2, -0.15) is 0 Å². The van der Waals surface area contributed by atoms with E-state index in [0.29, 0.717) is 19.8 Å². The van der Waals surface area contributed by atoms with Gasteiger partial charge in [-0.05, 0) is 43.2 Å². The minimum atomic E-state index is -0.183. The van der Waals surface area contributed by atoms with Crippen LogP contribution in [0.25, 0.3) is 11.0 Å². The highest BCUT2D eigenvalue weighted by Crippen LogP contribution is 2.32. The highest BCUT2D eigenvalue weighted by Gasteiger charge is 2.15. The third-order valence-corrected chi connectivity index (χ3v) is 4.80. The van der Waals surface area contributed by atoms with E-state index in [1.54, 1.807) is 0 Å². The summed E-state index contributed by atoms with van der Waals surface area (Å²) >= 11 is 0. The molecule has 2 aromatic carbocycles. The number of aromatic nitrogens is 2. The van der Waals surface area contributed by atoms with Crippen molar-refractivity contribution in [3.63, 3.8) is 0 Å². The molecule has 1 aromatic heterocycles. The molecule has 0 bridgehead atoms. The second kappa shape index (κ2) is 8.21. The topological polar surface area (TPSA) is 77.4 Å². The SMILES string of the molecule is CC(NC(=O)NCCCn1cnc2ccccc21)c1ccc2c(c1)OCCO2. The molecule has 2 heterocycles. The van der Waals surface area contributed by atoms with E-state index in [9.17, 15) is 4.79 Å². The molecule has 0 aliphatic carbocycles. The lowest BCUT2D eigenvalue weighted by molar-refractivity contribution is 0.171. The van der Waals surface area contributed by atoms with E-state index >= 15 is 0 Å². The first kappa shape index (κ1) is 18.2. The van der Waals surface area contributed by atoms with Crippen molar-refractivity contribution >= 4 is 17.1 Å². The van der Waals surface area contributed by atoms with Crippen LogP contribution in [0.3, 0.4) is 0 Å². The number of nitrogens with one attached hydrogen (secondary N) is 2. The average Bonchev–Trinajstić information content (AvgIpc) is 3.14. The quantitative estimate of drug-likeness (QED) is 0.644. The zero-order valence-corrected chi connectivity index (χ0v) is 15.9. The summed E-state index contributed by atoms with van der Waals surface area (Å²) < 4.78 is 13.2. The van der Waals surface area contributed by atoms with Crippen LogP contribution in [0.5, 0.6) is 11.5 Å². The highest BCUT2D eigenvalue weighted by atomic mass is 16.6. The fraction of sp³-hybridized carbons (Fsp3) is 0.333. The molecule has 0 saturated heterocycles. The van der Waals surface area contributed by atoms with E-state index in [4.69, 9.17) is 9.47 Å². The van der Waals surface area contributed by atoms with Crippen molar-refractivity contribution < 1.29 is 14.3 Å². The number of fused-ring (bicyclic) bond motifs is 2. The first-order valence-electron chi connectivity index (χ1n) is 9.54. The number of imidazole rings is 1. The van der Waals surface area contributed by atoms with Gasteiger partial charge in [0.1, 0.15) is 13.2 Å². The molecule has 0 spiro atoms. The molecule has 2 amide bonds. The molecule has 28 heavy (non-hydrogen) atoms. The van der Waals surface area contributed by atoms with Gasteiger partial charge in [0.25, 0.3) is 0 Å². The Balaban J connectivity index is 1.24. The number of ether oxygens (including phenoxy) is 2. The Kier molecular flexibility index (Phi) is 5.32. The number of aryl methyl sites for hydroxylation is 1. The minimum absolute atomic E-state index is 0.131. The Hall–Kier alpha value is -3.22. The monoisotopic (exact) mass is 380 g/mol. The van der Waals surface area contributed by atoms with E-state index in [1.165, 1.54) is 0 Å². The molecule has 0 saturated carbocycles. The maximum Gasteiger partial charge on any atom is 0.315 e. The van der Waals surface area contributed by atoms with Gasteiger partial charge in [-0.3, -0.25) is 0 Å². The number of nitrogens with zero attached hydrogens (tertiary/aromatic N) is 2. The maximum absolute atomic E-state index is 12.2. The lowest BCUT2D eigenvalue weighted by Crippen LogP contribution is -2.37. The van der Waals surface area contributed by atoms with Gasteiger partial charge in [0.05, 0.1) is 23.4 Å². The standard InChI is InChI=1S/C21H24N4O3/c1-15(16-7-8-19-20(13-16)28-12-11-27-19)24-21(26)22-9-4-10-25-14-23-17-5-2-3-6-18(17)25/h2-3,5-8,13-15H,4,9-12H2,1H3,(H2,22,24,26). The fourth-order valence-corrected chi connectivity index (χ4v) is 3.30. The van der Waals surface area contributed by atoms with Gasteiger partial charge >= 0.3 is 6.03 Å². The molecular formula is C21H24N4O3. The molecule has 1 unspecified atom stereocenters. The van der Waals surface area contributed by atoms with Crippen molar-refractivity contribution in [2.45, 2.75) is 25.9 Å². The Morgan fingerprint density at radius 3 is 2.89 bits per heavy atom. The van der Waals surface area contributed by atoms with Gasteiger partial charge in [-0.1, -0.05) is 18.2 Å². The van der Waals surface area contributed by atoms with Crippen molar-refractivity contribution in [2.24, 2.45) is 0 Å². The molecule has 1 atom stereocenters. The minimum Gasteiger partial charge on any atom is -0.486 e. The van der Waals surface area contributed by atoms with Crippen LogP contribution in [-0.4, -0.2) is 35.3 Å². The zero-order chi connectivity index (χ0) is 19.3. The van der Waals surface area contributed by atoms with E-state index in [-0.39, 0.29) is 12.1 Å². The molecule has 4 rings (SSSR count). The van der Waals surface area contributed by atoms with Crippen molar-refractivity contribution in [1.82, 2.24) is 20.2 Å². The van der Waals surface area contributed by atoms with Crippen LogP contribution >= 0.6 is 0 Å². The van der Waals surface area contributed by atoms with Crippen LogP contribution in [0.15, 0.2) is 48.8 Å². The smallest absolute Gasteiger partial charge is 0.315 e. The first-order chi connectivity index (χ1) is 13.7. The predicted molar refractivity (Wildman–Crippen MR) is 107 cm³/mol. The molecule has 2 N–H and O–H groups in total. The number of carbonyl (C=O) groups is 1. The van der Waals surface area contributed by atoms with Gasteiger partial charge in [0.2, 0.25) is 0 Å². The Labute approximate surface area is 163 Å². The summed E-state index contributed by atoms with van der Waals surface area (Å²) in [5.41, 5.74) is 3.07. The van der Waals surface area contributed by atoms with Gasteiger partial charge in [0.15, 0.2) is 11.5 Å². The summed E-state index contributed by atoms with van der Waals surface area (Å²) in [5.74, 6) is 1.48. The van der Waals surface area contributed by atoms with Crippen LogP contribution in [0, 0.1) is 0 Å². The molecule has 7 heteroatoms. The second-order valence-corrected chi connectivity index (χ2v) is 6.81. The van der Waals surface area contributed by atoms with Crippen molar-refractivity contribution in [3.05, 3.63) is 54.4 Å². The third-order valence-electron chi connectivity index (χ3n) is 4.80. The summed E-state index contributed by atoms with van der Waals surface area (Å²) in [5, 5.41) is 5.88. The molecule has 146 valence electrons. The predicted octanol–water partition coefficient (Wildman–Crippen LogP) is 3.26. The Morgan fingerprint density at radius 2 is 2.00 bits per heavy atom. The van der Waals surface area contributed by atoms with E-state index in [1.807, 2.05) is 49.6 Å². The van der Waals surface area contributed by atoms with Crippen molar-refractivity contribution in [3.8, 4) is 11.5 Å². The molecule has 7 nitrogen and oxygen atoms in total. The molecule has 0 radical (unpaired) electrons. The molecule has 1 aliphatic rings. The van der Waals surface area contributed by atoms with Crippen LogP contribution in [-0.2, 0) is 6.54 Å². The Bertz CT molecular complexity index is 969. The zero-order valence-electron chi connectivity index (χ0n) is 15.9. The first-order valence-corrected chi connectivity index (χ1v) is 9.54. The summed E-state index contributed by atoms with van der Waals surface area (Å²) in [7, 11) is 0. The van der Waals surface area contributed by atoms with Crippen LogP contribution in [0.1, 0.15) is 24.9 Å². The number of benzene rings is 2. The molecule has 3 aromatic rings. The lowest BCUT2D eigenvalue weighted by Gasteiger charge is -2.21. The molecular weight excluding hydrogens is 356 g/mol. The summed E-state index contributed by atoms with van der Waals surface area (Å²) in [6.07, 6.45) is 2.67. The van der Waals surface area contributed by atoms with Gasteiger partial charge in [-0.25, -0.2) is 9.78 Å². The van der Waals surface area contributed by atoms with E-state index in [0.717, 1.165) is 41.1 Å². The van der Waals surface area contributed by atoms with E-state index < -0.39 is 0 Å². The number of carbonyl (C=O) groups excluding carboxylic acids is 1. The van der Waals surface area contributed by atoms with Crippen LogP contribution in [0.4, 0.5) is 4.79 Å². The van der Waals surface area contributed by atoms with Crippen LogP contribution < -0.4 is 20.1 Å². The number of rotatable bonds is 6. The fourth-order valence-electron chi connectivity index (χ4n) is 3.30. The Morgan fingerprint density at radius 1 is 1.18 bits per heavy atom. The van der Waals surface area contributed by atoms with E-state index in [2.05, 4.69) is 26.3 Å². The largest absolute Gasteiger partial charge is 0.486 e. The second-order valence-electron chi connectivity index (χ2n) is 6.81. The number of urea groups is 1. The number of hydrogen-bond donors (Lipinski definition) is 2. The maximum atomic E-state index is 12.2. The average molecular weight is 380 g/mol. The molecule has 0 fully saturated rings. The van der Waals surface area contributed by atoms with Crippen LogP contribution in [0.2, 0.25) is 0 Å². The van der Waals surface area contributed by atoms with Gasteiger partial charge < -0.3 is 24.7 Å². The normalized spacial score (nSPS) is 13.9. The number of hydrogen-bond acceptors (Lipinski definition) is 4. The summed E-state index contributed by atoms with van der Waals surface area (Å²) in [4.78, 5) is 16.6. The third kappa shape index (κ3) is 4.03. The lowest BCUT2D eigenvalue weighted by atomic mass is 10.1. The number of amides is 2. The van der Waals surface area contributed by atoms with Crippen molar-refractivity contribution in [1.29, 1.82) is 0 Å². The highest BCUT2D eigenvalue weighted by molar-refractivity contribution is 5.75. The van der Waals surface area contributed by atoms with Gasteiger partial charge in [0, 0.05) is 13.1 Å². The van der Waals surface area contributed by atoms with Crippen molar-refractivity contribution in [2.75, 3.05) is 19.8 Å². The summed E-state index contributed by atoms with van der Waals surface area (Å²) in [6, 6.07) is 13.5. The van der Waals surface area contributed by atoms with Gasteiger partial charge in [-0.15, -0.1) is 0 Å². The molecule has 1 aliphatic heterocycles. The number of para-hydroxylation sites is 2.